The van der Waals surface area contributed by atoms with Crippen molar-refractivity contribution in [2.75, 3.05) is 13.1 Å². The molecule has 0 aliphatic rings. The molecule has 0 radical (unpaired) electrons. The summed E-state index contributed by atoms with van der Waals surface area (Å²) in [6.45, 7) is 12.6. The highest BCUT2D eigenvalue weighted by molar-refractivity contribution is 5.77. The predicted octanol–water partition coefficient (Wildman–Crippen LogP) is 7.13. The van der Waals surface area contributed by atoms with Gasteiger partial charge in [-0.25, -0.2) is 19.9 Å². The fourth-order valence-corrected chi connectivity index (χ4v) is 6.56. The molecule has 48 heavy (non-hydrogen) atoms. The van der Waals surface area contributed by atoms with Crippen LogP contribution < -0.4 is 0 Å². The van der Waals surface area contributed by atoms with Crippen LogP contribution in [-0.4, -0.2) is 62.8 Å². The van der Waals surface area contributed by atoms with Crippen LogP contribution in [0.15, 0.2) is 72.8 Å². The van der Waals surface area contributed by atoms with Crippen LogP contribution in [-0.2, 0) is 26.2 Å². The largest absolute Gasteiger partial charge is 0.341 e. The molecule has 4 heterocycles. The minimum atomic E-state index is 0.658. The third-order valence-corrected chi connectivity index (χ3v) is 8.97. The average molecular weight is 637 g/mol. The smallest absolute Gasteiger partial charge is 0.121 e. The van der Waals surface area contributed by atoms with E-state index in [0.29, 0.717) is 26.2 Å². The molecule has 0 atom stereocenters. The van der Waals surface area contributed by atoms with Gasteiger partial charge in [0.05, 0.1) is 70.3 Å². The van der Waals surface area contributed by atoms with Crippen molar-refractivity contribution >= 4 is 44.1 Å². The van der Waals surface area contributed by atoms with Crippen molar-refractivity contribution in [1.29, 1.82) is 0 Å². The molecule has 10 heteroatoms. The Morgan fingerprint density at radius 2 is 0.646 bits per heavy atom. The summed E-state index contributed by atoms with van der Waals surface area (Å²) in [7, 11) is 0. The van der Waals surface area contributed by atoms with E-state index in [1.807, 2.05) is 0 Å². The van der Waals surface area contributed by atoms with E-state index in [0.717, 1.165) is 80.5 Å². The van der Waals surface area contributed by atoms with Crippen LogP contribution in [0.3, 0.4) is 0 Å². The van der Waals surface area contributed by atoms with Crippen molar-refractivity contribution in [3.63, 3.8) is 0 Å². The van der Waals surface area contributed by atoms with Crippen molar-refractivity contribution in [3.05, 3.63) is 118 Å². The second-order valence-electron chi connectivity index (χ2n) is 13.2. The lowest BCUT2D eigenvalue weighted by molar-refractivity contribution is 0.174. The predicted molar refractivity (Wildman–Crippen MR) is 192 cm³/mol. The highest BCUT2D eigenvalue weighted by atomic mass is 15.2. The van der Waals surface area contributed by atoms with Crippen molar-refractivity contribution in [1.82, 2.24) is 49.7 Å². The van der Waals surface area contributed by atoms with Crippen LogP contribution in [0.2, 0.25) is 0 Å². The van der Waals surface area contributed by atoms with E-state index in [4.69, 9.17) is 19.9 Å². The van der Waals surface area contributed by atoms with E-state index in [1.54, 1.807) is 0 Å². The fraction of sp³-hybridized carbons (Fsp3) is 0.263. The van der Waals surface area contributed by atoms with E-state index in [2.05, 4.69) is 130 Å². The lowest BCUT2D eigenvalue weighted by Gasteiger charge is -2.26. The fourth-order valence-electron chi connectivity index (χ4n) is 6.56. The number of hydrogen-bond donors (Lipinski definition) is 4. The average Bonchev–Trinajstić information content (AvgIpc) is 3.83. The number of nitrogens with one attached hydrogen (secondary N) is 4. The quantitative estimate of drug-likeness (QED) is 0.120. The standard InChI is InChI=1S/C38H40N10/c1-23-5-9-27-31(15-23)43-35(39-27)19-47(20-36-40-28-10-6-24(2)16-32(28)44-36)13-14-48(21-37-41-29-11-7-25(3)17-33(29)45-37)22-38-42-30-12-8-26(4)18-34(30)46-38/h5-12,15-18H,13-14,19-22H2,1-4H3,(H,39,43)(H,40,44)(H,41,45)(H,42,46). The molecule has 0 saturated heterocycles. The van der Waals surface area contributed by atoms with Crippen LogP contribution in [0.4, 0.5) is 0 Å². The molecule has 242 valence electrons. The summed E-state index contributed by atoms with van der Waals surface area (Å²) < 4.78 is 0. The van der Waals surface area contributed by atoms with Crippen LogP contribution >= 0.6 is 0 Å². The van der Waals surface area contributed by atoms with E-state index in [9.17, 15) is 0 Å². The van der Waals surface area contributed by atoms with E-state index >= 15 is 0 Å². The SMILES string of the molecule is Cc1ccc2nc(CN(CCN(Cc3nc4ccc(C)cc4[nH]3)Cc3nc4ccc(C)cc4[nH]3)Cc3nc4ccc(C)cc4[nH]3)[nH]c2c1. The summed E-state index contributed by atoms with van der Waals surface area (Å²) in [5.41, 5.74) is 13.0. The van der Waals surface area contributed by atoms with Crippen molar-refractivity contribution in [2.24, 2.45) is 0 Å². The molecule has 0 aliphatic heterocycles. The number of nitrogens with zero attached hydrogens (tertiary/aromatic N) is 6. The minimum Gasteiger partial charge on any atom is -0.341 e. The van der Waals surface area contributed by atoms with Gasteiger partial charge in [-0.05, 0) is 98.5 Å². The Labute approximate surface area is 278 Å². The van der Waals surface area contributed by atoms with Crippen molar-refractivity contribution in [3.8, 4) is 0 Å². The number of H-pyrrole nitrogens is 4. The number of rotatable bonds is 11. The summed E-state index contributed by atoms with van der Waals surface area (Å²) in [6.07, 6.45) is 0. The maximum absolute atomic E-state index is 4.94. The van der Waals surface area contributed by atoms with Gasteiger partial charge in [0, 0.05) is 13.1 Å². The van der Waals surface area contributed by atoms with Gasteiger partial charge in [0.2, 0.25) is 0 Å². The summed E-state index contributed by atoms with van der Waals surface area (Å²) >= 11 is 0. The summed E-state index contributed by atoms with van der Waals surface area (Å²) in [5.74, 6) is 3.76. The van der Waals surface area contributed by atoms with Gasteiger partial charge in [-0.3, -0.25) is 9.80 Å². The number of benzene rings is 4. The number of aromatic amines is 4. The van der Waals surface area contributed by atoms with Crippen molar-refractivity contribution in [2.45, 2.75) is 53.9 Å². The zero-order chi connectivity index (χ0) is 32.8. The maximum atomic E-state index is 4.94. The number of hydrogen-bond acceptors (Lipinski definition) is 6. The first-order valence-electron chi connectivity index (χ1n) is 16.6. The first kappa shape index (κ1) is 30.0. The number of fused-ring (bicyclic) bond motifs is 4. The van der Waals surface area contributed by atoms with Crippen LogP contribution in [0.5, 0.6) is 0 Å². The molecule has 0 bridgehead atoms. The van der Waals surface area contributed by atoms with Gasteiger partial charge in [0.1, 0.15) is 23.3 Å². The highest BCUT2D eigenvalue weighted by Gasteiger charge is 2.18. The summed E-state index contributed by atoms with van der Waals surface area (Å²) in [5, 5.41) is 0. The maximum Gasteiger partial charge on any atom is 0.121 e. The molecule has 4 aromatic carbocycles. The first-order valence-corrected chi connectivity index (χ1v) is 16.6. The van der Waals surface area contributed by atoms with Gasteiger partial charge in [-0.2, -0.15) is 0 Å². The molecule has 0 saturated carbocycles. The molecule has 4 N–H and O–H groups in total. The lowest BCUT2D eigenvalue weighted by atomic mass is 10.2. The minimum absolute atomic E-state index is 0.658. The Bertz CT molecular complexity index is 2060. The van der Waals surface area contributed by atoms with Crippen molar-refractivity contribution < 1.29 is 0 Å². The molecule has 0 fully saturated rings. The van der Waals surface area contributed by atoms with Gasteiger partial charge in [-0.1, -0.05) is 24.3 Å². The summed E-state index contributed by atoms with van der Waals surface area (Å²) in [6, 6.07) is 25.4. The van der Waals surface area contributed by atoms with Gasteiger partial charge in [0.25, 0.3) is 0 Å². The third kappa shape index (κ3) is 6.45. The monoisotopic (exact) mass is 636 g/mol. The Morgan fingerprint density at radius 1 is 0.396 bits per heavy atom. The van der Waals surface area contributed by atoms with Gasteiger partial charge in [0.15, 0.2) is 0 Å². The number of imidazole rings is 4. The summed E-state index contributed by atoms with van der Waals surface area (Å²) in [4.78, 5) is 38.9. The normalized spacial score (nSPS) is 12.2. The molecule has 0 amide bonds. The molecule has 8 aromatic rings. The van der Waals surface area contributed by atoms with E-state index in [-0.39, 0.29) is 0 Å². The van der Waals surface area contributed by atoms with Crippen LogP contribution in [0.25, 0.3) is 44.1 Å². The van der Waals surface area contributed by atoms with Crippen LogP contribution in [0.1, 0.15) is 45.6 Å². The topological polar surface area (TPSA) is 121 Å². The molecule has 0 aliphatic carbocycles. The Morgan fingerprint density at radius 3 is 0.896 bits per heavy atom. The zero-order valence-electron chi connectivity index (χ0n) is 27.9. The Kier molecular flexibility index (Phi) is 7.74. The number of aryl methyl sites for hydroxylation is 4. The van der Waals surface area contributed by atoms with Crippen LogP contribution in [0, 0.1) is 27.7 Å². The van der Waals surface area contributed by atoms with E-state index in [1.165, 1.54) is 22.3 Å². The van der Waals surface area contributed by atoms with E-state index < -0.39 is 0 Å². The molecular weight excluding hydrogens is 596 g/mol. The third-order valence-electron chi connectivity index (χ3n) is 8.97. The van der Waals surface area contributed by atoms with Gasteiger partial charge < -0.3 is 19.9 Å². The van der Waals surface area contributed by atoms with Gasteiger partial charge in [-0.15, -0.1) is 0 Å². The Hall–Kier alpha value is -5.32. The first-order chi connectivity index (χ1) is 23.3. The number of aromatic nitrogens is 8. The molecule has 10 nitrogen and oxygen atoms in total. The molecule has 8 rings (SSSR count). The molecule has 0 unspecified atom stereocenters. The zero-order valence-corrected chi connectivity index (χ0v) is 27.9. The Balaban J connectivity index is 1.08. The van der Waals surface area contributed by atoms with Gasteiger partial charge >= 0.3 is 0 Å². The second kappa shape index (κ2) is 12.4. The molecule has 4 aromatic heterocycles. The molecular formula is C38H40N10. The molecule has 0 spiro atoms. The second-order valence-corrected chi connectivity index (χ2v) is 13.2. The highest BCUT2D eigenvalue weighted by Crippen LogP contribution is 2.20. The lowest BCUT2D eigenvalue weighted by Crippen LogP contribution is -2.35.